The fourth-order valence-corrected chi connectivity index (χ4v) is 4.24. The maximum Gasteiger partial charge on any atom is 0.407 e. The Kier molecular flexibility index (Phi) is 6.52. The van der Waals surface area contributed by atoms with Crippen molar-refractivity contribution in [1.82, 2.24) is 10.2 Å². The largest absolute Gasteiger partial charge is 0.480 e. The third-order valence-corrected chi connectivity index (χ3v) is 5.88. The van der Waals surface area contributed by atoms with Crippen molar-refractivity contribution in [3.8, 4) is 11.1 Å². The molecule has 0 saturated heterocycles. The molecule has 0 radical (unpaired) electrons. The molecule has 6 nitrogen and oxygen atoms in total. The van der Waals surface area contributed by atoms with E-state index < -0.39 is 18.1 Å². The van der Waals surface area contributed by atoms with Gasteiger partial charge in [-0.3, -0.25) is 9.69 Å². The number of hydrogen-bond acceptors (Lipinski definition) is 4. The quantitative estimate of drug-likeness (QED) is 0.562. The molecule has 32 heavy (non-hydrogen) atoms. The first-order valence-corrected chi connectivity index (χ1v) is 10.6. The van der Waals surface area contributed by atoms with E-state index in [0.29, 0.717) is 6.54 Å². The number of rotatable bonds is 8. The standard InChI is InChI=1S/C26H26N2O4/c1-28(16-18-9-3-2-4-10-18)24(25(29)30)15-27-26(31)32-17-23-21-13-7-5-11-19(21)20-12-6-8-14-22(20)23/h2-14,23-24H,15-17H2,1H3,(H,27,31)(H,29,30). The van der Waals surface area contributed by atoms with Gasteiger partial charge < -0.3 is 15.2 Å². The third-order valence-electron chi connectivity index (χ3n) is 5.88. The summed E-state index contributed by atoms with van der Waals surface area (Å²) >= 11 is 0. The zero-order chi connectivity index (χ0) is 22.5. The lowest BCUT2D eigenvalue weighted by atomic mass is 9.98. The van der Waals surface area contributed by atoms with E-state index in [1.807, 2.05) is 54.6 Å². The molecule has 164 valence electrons. The first kappa shape index (κ1) is 21.6. The van der Waals surface area contributed by atoms with E-state index in [-0.39, 0.29) is 19.1 Å². The molecule has 1 aliphatic carbocycles. The predicted molar refractivity (Wildman–Crippen MR) is 122 cm³/mol. The van der Waals surface area contributed by atoms with Gasteiger partial charge in [-0.15, -0.1) is 0 Å². The molecular weight excluding hydrogens is 404 g/mol. The van der Waals surface area contributed by atoms with Crippen LogP contribution in [-0.4, -0.2) is 48.3 Å². The van der Waals surface area contributed by atoms with E-state index in [2.05, 4.69) is 29.6 Å². The van der Waals surface area contributed by atoms with E-state index in [9.17, 15) is 14.7 Å². The van der Waals surface area contributed by atoms with Crippen molar-refractivity contribution in [2.45, 2.75) is 18.5 Å². The second-order valence-electron chi connectivity index (χ2n) is 7.96. The maximum absolute atomic E-state index is 12.4. The van der Waals surface area contributed by atoms with Crippen LogP contribution in [0.4, 0.5) is 4.79 Å². The molecule has 1 aliphatic rings. The highest BCUT2D eigenvalue weighted by atomic mass is 16.5. The van der Waals surface area contributed by atoms with Crippen molar-refractivity contribution in [3.05, 3.63) is 95.6 Å². The molecule has 1 unspecified atom stereocenters. The molecule has 4 rings (SSSR count). The number of alkyl carbamates (subject to hydrolysis) is 1. The number of likely N-dealkylation sites (N-methyl/N-ethyl adjacent to an activating group) is 1. The summed E-state index contributed by atoms with van der Waals surface area (Å²) in [4.78, 5) is 25.8. The van der Waals surface area contributed by atoms with Crippen molar-refractivity contribution < 1.29 is 19.4 Å². The number of fused-ring (bicyclic) bond motifs is 3. The number of nitrogens with zero attached hydrogens (tertiary/aromatic N) is 1. The average molecular weight is 431 g/mol. The van der Waals surface area contributed by atoms with Crippen molar-refractivity contribution in [3.63, 3.8) is 0 Å². The summed E-state index contributed by atoms with van der Waals surface area (Å²) in [6.45, 7) is 0.608. The smallest absolute Gasteiger partial charge is 0.407 e. The molecular formula is C26H26N2O4. The number of nitrogens with one attached hydrogen (secondary N) is 1. The van der Waals surface area contributed by atoms with Gasteiger partial charge in [0.05, 0.1) is 0 Å². The summed E-state index contributed by atoms with van der Waals surface area (Å²) in [7, 11) is 1.73. The fourth-order valence-electron chi connectivity index (χ4n) is 4.24. The minimum atomic E-state index is -0.998. The molecule has 1 atom stereocenters. The van der Waals surface area contributed by atoms with Gasteiger partial charge >= 0.3 is 12.1 Å². The Labute approximate surface area is 187 Å². The lowest BCUT2D eigenvalue weighted by Gasteiger charge is -2.25. The van der Waals surface area contributed by atoms with Gasteiger partial charge in [-0.05, 0) is 34.9 Å². The number of carbonyl (C=O) groups excluding carboxylic acids is 1. The van der Waals surface area contributed by atoms with Crippen LogP contribution in [0, 0.1) is 0 Å². The van der Waals surface area contributed by atoms with Crippen LogP contribution in [0.25, 0.3) is 11.1 Å². The number of ether oxygens (including phenoxy) is 1. The highest BCUT2D eigenvalue weighted by Crippen LogP contribution is 2.44. The molecule has 3 aromatic rings. The van der Waals surface area contributed by atoms with Crippen molar-refractivity contribution >= 4 is 12.1 Å². The Morgan fingerprint density at radius 3 is 2.09 bits per heavy atom. The van der Waals surface area contributed by atoms with Crippen molar-refractivity contribution in [2.24, 2.45) is 0 Å². The number of benzene rings is 3. The molecule has 1 amide bonds. The number of hydrogen-bond donors (Lipinski definition) is 2. The Morgan fingerprint density at radius 2 is 1.50 bits per heavy atom. The van der Waals surface area contributed by atoms with Crippen LogP contribution in [0.1, 0.15) is 22.6 Å². The Bertz CT molecular complexity index is 1050. The summed E-state index contributed by atoms with van der Waals surface area (Å²) in [6, 6.07) is 25.0. The molecule has 0 aliphatic heterocycles. The van der Waals surface area contributed by atoms with E-state index in [0.717, 1.165) is 27.8 Å². The molecule has 0 saturated carbocycles. The molecule has 0 bridgehead atoms. The topological polar surface area (TPSA) is 78.9 Å². The van der Waals surface area contributed by atoms with Gasteiger partial charge in [0.15, 0.2) is 0 Å². The normalized spacial score (nSPS) is 13.3. The summed E-state index contributed by atoms with van der Waals surface area (Å²) in [5, 5.41) is 12.2. The van der Waals surface area contributed by atoms with Crippen LogP contribution >= 0.6 is 0 Å². The van der Waals surface area contributed by atoms with Gasteiger partial charge in [0.1, 0.15) is 12.6 Å². The van der Waals surface area contributed by atoms with Crippen molar-refractivity contribution in [1.29, 1.82) is 0 Å². The monoisotopic (exact) mass is 430 g/mol. The summed E-state index contributed by atoms with van der Waals surface area (Å²) in [5.41, 5.74) is 5.58. The Morgan fingerprint density at radius 1 is 0.938 bits per heavy atom. The SMILES string of the molecule is CN(Cc1ccccc1)C(CNC(=O)OCC1c2ccccc2-c2ccccc21)C(=O)O. The molecule has 0 aromatic heterocycles. The van der Waals surface area contributed by atoms with E-state index in [1.165, 1.54) is 0 Å². The fraction of sp³-hybridized carbons (Fsp3) is 0.231. The highest BCUT2D eigenvalue weighted by molar-refractivity contribution is 5.79. The average Bonchev–Trinajstić information content (AvgIpc) is 3.12. The van der Waals surface area contributed by atoms with Crippen LogP contribution in [0.5, 0.6) is 0 Å². The van der Waals surface area contributed by atoms with E-state index >= 15 is 0 Å². The second kappa shape index (κ2) is 9.66. The van der Waals surface area contributed by atoms with Crippen LogP contribution in [-0.2, 0) is 16.1 Å². The van der Waals surface area contributed by atoms with Gasteiger partial charge in [-0.2, -0.15) is 0 Å². The molecule has 0 heterocycles. The Hall–Kier alpha value is -3.64. The molecule has 3 aromatic carbocycles. The van der Waals surface area contributed by atoms with Crippen LogP contribution in [0.3, 0.4) is 0 Å². The molecule has 0 spiro atoms. The number of carboxylic acid groups (broad SMARTS) is 1. The maximum atomic E-state index is 12.4. The summed E-state index contributed by atoms with van der Waals surface area (Å²) < 4.78 is 5.51. The van der Waals surface area contributed by atoms with Gasteiger partial charge in [-0.25, -0.2) is 4.79 Å². The highest BCUT2D eigenvalue weighted by Gasteiger charge is 2.29. The van der Waals surface area contributed by atoms with Gasteiger partial charge in [0, 0.05) is 19.0 Å². The predicted octanol–water partition coefficient (Wildman–Crippen LogP) is 4.11. The van der Waals surface area contributed by atoms with Crippen LogP contribution in [0.2, 0.25) is 0 Å². The summed E-state index contributed by atoms with van der Waals surface area (Å²) in [5.74, 6) is -1.04. The third kappa shape index (κ3) is 4.65. The second-order valence-corrected chi connectivity index (χ2v) is 7.96. The van der Waals surface area contributed by atoms with E-state index in [4.69, 9.17) is 4.74 Å². The number of aliphatic carboxylic acids is 1. The van der Waals surface area contributed by atoms with Gasteiger partial charge in [-0.1, -0.05) is 78.9 Å². The lowest BCUT2D eigenvalue weighted by Crippen LogP contribution is -2.46. The number of carbonyl (C=O) groups is 2. The zero-order valence-corrected chi connectivity index (χ0v) is 17.9. The van der Waals surface area contributed by atoms with Crippen LogP contribution in [0.15, 0.2) is 78.9 Å². The van der Waals surface area contributed by atoms with Crippen LogP contribution < -0.4 is 5.32 Å². The van der Waals surface area contributed by atoms with Gasteiger partial charge in [0.2, 0.25) is 0 Å². The molecule has 2 N–H and O–H groups in total. The number of carboxylic acids is 1. The zero-order valence-electron chi connectivity index (χ0n) is 17.9. The molecule has 6 heteroatoms. The minimum Gasteiger partial charge on any atom is -0.480 e. The van der Waals surface area contributed by atoms with Crippen molar-refractivity contribution in [2.75, 3.05) is 20.2 Å². The Balaban J connectivity index is 1.35. The minimum absolute atomic E-state index is 0.0378. The summed E-state index contributed by atoms with van der Waals surface area (Å²) in [6.07, 6.45) is -0.619. The van der Waals surface area contributed by atoms with E-state index in [1.54, 1.807) is 11.9 Å². The first-order chi connectivity index (χ1) is 15.5. The first-order valence-electron chi connectivity index (χ1n) is 10.6. The van der Waals surface area contributed by atoms with Gasteiger partial charge in [0.25, 0.3) is 0 Å². The lowest BCUT2D eigenvalue weighted by molar-refractivity contribution is -0.142. The molecule has 0 fully saturated rings. The number of amides is 1.